The van der Waals surface area contributed by atoms with Gasteiger partial charge in [0.2, 0.25) is 0 Å². The molecule has 152 valence electrons. The lowest BCUT2D eigenvalue weighted by Crippen LogP contribution is -2.34. The molecule has 1 N–H and O–H groups in total. The first-order valence-corrected chi connectivity index (χ1v) is 9.02. The molecule has 0 unspecified atom stereocenters. The molecule has 11 heteroatoms. The van der Waals surface area contributed by atoms with E-state index in [2.05, 4.69) is 27.4 Å². The molecule has 0 radical (unpaired) electrons. The number of alkyl halides is 3. The number of allylic oxidation sites excluding steroid dienone is 2. The molecular weight excluding hydrogens is 412 g/mol. The minimum atomic E-state index is -4.66. The second kappa shape index (κ2) is 7.18. The molecule has 2 aliphatic rings. The monoisotopic (exact) mass is 426 g/mol. The number of hydrogen-bond acceptors (Lipinski definition) is 5. The van der Waals surface area contributed by atoms with Gasteiger partial charge in [0.25, 0.3) is 0 Å². The number of hydrogen-bond donors (Lipinski definition) is 1. The highest BCUT2D eigenvalue weighted by atomic mass is 35.5. The molecule has 0 saturated carbocycles. The molecule has 0 spiro atoms. The van der Waals surface area contributed by atoms with Crippen molar-refractivity contribution in [3.05, 3.63) is 69.5 Å². The van der Waals surface area contributed by atoms with Crippen molar-refractivity contribution in [1.82, 2.24) is 25.3 Å². The molecule has 0 aliphatic carbocycles. The van der Waals surface area contributed by atoms with E-state index in [0.717, 1.165) is 17.8 Å². The van der Waals surface area contributed by atoms with Crippen LogP contribution in [0.15, 0.2) is 46.3 Å². The van der Waals surface area contributed by atoms with Gasteiger partial charge in [-0.2, -0.15) is 18.3 Å². The molecule has 1 aromatic carbocycles. The van der Waals surface area contributed by atoms with Gasteiger partial charge in [-0.25, -0.2) is 9.07 Å². The van der Waals surface area contributed by atoms with Crippen molar-refractivity contribution < 1.29 is 17.6 Å². The van der Waals surface area contributed by atoms with E-state index in [1.165, 1.54) is 4.68 Å². The maximum absolute atomic E-state index is 13.3. The standard InChI is InChI=1S/C18H15ClF4N6/c1-10-17(19)16(7-24-25-10)28-5-4-15-14(9-28)26-27-29(15)8-11-2-3-12(20)6-13(11)18(21,22)23/h2-3,6-7,25H,1,4-5,8-9H2. The normalized spacial score (nSPS) is 16.9. The van der Waals surface area contributed by atoms with Gasteiger partial charge in [0.05, 0.1) is 47.0 Å². The molecule has 0 fully saturated rings. The molecule has 3 heterocycles. The van der Waals surface area contributed by atoms with E-state index in [-0.39, 0.29) is 12.1 Å². The summed E-state index contributed by atoms with van der Waals surface area (Å²) in [5.74, 6) is -0.937. The second-order valence-corrected chi connectivity index (χ2v) is 7.04. The molecule has 2 aromatic rings. The SMILES string of the molecule is C=C1NN=CC(N2CCc3c(nnn3Cc3ccc(F)cc3C(F)(F)F)C2)=C1Cl. The molecule has 0 amide bonds. The van der Waals surface area contributed by atoms with Crippen molar-refractivity contribution in [3.8, 4) is 0 Å². The first-order valence-electron chi connectivity index (χ1n) is 8.64. The van der Waals surface area contributed by atoms with Crippen molar-refractivity contribution in [3.63, 3.8) is 0 Å². The zero-order valence-electron chi connectivity index (χ0n) is 15.0. The van der Waals surface area contributed by atoms with Gasteiger partial charge in [-0.15, -0.1) is 5.10 Å². The van der Waals surface area contributed by atoms with E-state index in [0.29, 0.717) is 47.7 Å². The number of rotatable bonds is 3. The van der Waals surface area contributed by atoms with Gasteiger partial charge >= 0.3 is 6.18 Å². The van der Waals surface area contributed by atoms with Gasteiger partial charge < -0.3 is 4.90 Å². The van der Waals surface area contributed by atoms with E-state index in [4.69, 9.17) is 11.6 Å². The molecule has 6 nitrogen and oxygen atoms in total. The Labute approximate surface area is 168 Å². The predicted octanol–water partition coefficient (Wildman–Crippen LogP) is 3.40. The van der Waals surface area contributed by atoms with Crippen LogP contribution in [0.4, 0.5) is 17.6 Å². The molecule has 0 atom stereocenters. The van der Waals surface area contributed by atoms with Gasteiger partial charge in [-0.05, 0) is 17.7 Å². The fourth-order valence-electron chi connectivity index (χ4n) is 3.36. The minimum Gasteiger partial charge on any atom is -0.363 e. The van der Waals surface area contributed by atoms with Crippen molar-refractivity contribution >= 4 is 17.8 Å². The molecule has 2 aliphatic heterocycles. The average molecular weight is 427 g/mol. The molecule has 29 heavy (non-hydrogen) atoms. The Morgan fingerprint density at radius 3 is 2.83 bits per heavy atom. The topological polar surface area (TPSA) is 58.3 Å². The number of aromatic nitrogens is 3. The Hall–Kier alpha value is -2.88. The van der Waals surface area contributed by atoms with Crippen LogP contribution < -0.4 is 5.43 Å². The van der Waals surface area contributed by atoms with Crippen LogP contribution in [0.5, 0.6) is 0 Å². The van der Waals surface area contributed by atoms with E-state index in [1.54, 1.807) is 6.21 Å². The highest BCUT2D eigenvalue weighted by Gasteiger charge is 2.34. The Bertz CT molecular complexity index is 1040. The van der Waals surface area contributed by atoms with Crippen LogP contribution in [0.25, 0.3) is 0 Å². The molecule has 1 aromatic heterocycles. The Kier molecular flexibility index (Phi) is 4.81. The van der Waals surface area contributed by atoms with Gasteiger partial charge in [0.1, 0.15) is 11.5 Å². The summed E-state index contributed by atoms with van der Waals surface area (Å²) in [6.07, 6.45) is -2.57. The highest BCUT2D eigenvalue weighted by Crippen LogP contribution is 2.33. The van der Waals surface area contributed by atoms with Crippen molar-refractivity contribution in [2.75, 3.05) is 6.54 Å². The van der Waals surface area contributed by atoms with Gasteiger partial charge in [-0.3, -0.25) is 5.43 Å². The predicted molar refractivity (Wildman–Crippen MR) is 98.3 cm³/mol. The summed E-state index contributed by atoms with van der Waals surface area (Å²) in [6.45, 7) is 4.57. The number of nitrogens with zero attached hydrogens (tertiary/aromatic N) is 5. The van der Waals surface area contributed by atoms with Crippen LogP contribution in [0, 0.1) is 5.82 Å². The third-order valence-corrected chi connectivity index (χ3v) is 5.21. The molecule has 0 bridgehead atoms. The Morgan fingerprint density at radius 1 is 1.28 bits per heavy atom. The summed E-state index contributed by atoms with van der Waals surface area (Å²) in [4.78, 5) is 1.96. The summed E-state index contributed by atoms with van der Waals surface area (Å²) in [5, 5.41) is 12.6. The van der Waals surface area contributed by atoms with E-state index >= 15 is 0 Å². The van der Waals surface area contributed by atoms with Crippen molar-refractivity contribution in [1.29, 1.82) is 0 Å². The van der Waals surface area contributed by atoms with Crippen molar-refractivity contribution in [2.45, 2.75) is 25.7 Å². The zero-order valence-corrected chi connectivity index (χ0v) is 15.7. The summed E-state index contributed by atoms with van der Waals surface area (Å²) in [6, 6.07) is 2.63. The van der Waals surface area contributed by atoms with Gasteiger partial charge in [0, 0.05) is 13.0 Å². The van der Waals surface area contributed by atoms with Crippen LogP contribution in [-0.4, -0.2) is 32.7 Å². The maximum Gasteiger partial charge on any atom is 0.416 e. The quantitative estimate of drug-likeness (QED) is 0.764. The number of fused-ring (bicyclic) bond motifs is 1. The summed E-state index contributed by atoms with van der Waals surface area (Å²) >= 11 is 6.29. The van der Waals surface area contributed by atoms with Crippen LogP contribution in [0.3, 0.4) is 0 Å². The Balaban J connectivity index is 1.60. The lowest BCUT2D eigenvalue weighted by molar-refractivity contribution is -0.138. The fraction of sp³-hybridized carbons (Fsp3) is 0.278. The first-order chi connectivity index (χ1) is 13.7. The largest absolute Gasteiger partial charge is 0.416 e. The third-order valence-electron chi connectivity index (χ3n) is 4.79. The third kappa shape index (κ3) is 3.71. The number of nitrogens with one attached hydrogen (secondary N) is 1. The number of halogens is 5. The lowest BCUT2D eigenvalue weighted by Gasteiger charge is -2.31. The fourth-order valence-corrected chi connectivity index (χ4v) is 3.57. The summed E-state index contributed by atoms with van der Waals surface area (Å²) in [7, 11) is 0. The van der Waals surface area contributed by atoms with Crippen molar-refractivity contribution in [2.24, 2.45) is 5.10 Å². The smallest absolute Gasteiger partial charge is 0.363 e. The van der Waals surface area contributed by atoms with Crippen LogP contribution >= 0.6 is 11.6 Å². The van der Waals surface area contributed by atoms with Gasteiger partial charge in [-0.1, -0.05) is 29.5 Å². The zero-order chi connectivity index (χ0) is 20.8. The summed E-state index contributed by atoms with van der Waals surface area (Å²) < 4.78 is 54.5. The van der Waals surface area contributed by atoms with E-state index < -0.39 is 17.6 Å². The first kappa shape index (κ1) is 19.4. The van der Waals surface area contributed by atoms with Crippen LogP contribution in [0.2, 0.25) is 0 Å². The maximum atomic E-state index is 13.3. The van der Waals surface area contributed by atoms with Crippen LogP contribution in [-0.2, 0) is 25.7 Å². The van der Waals surface area contributed by atoms with Gasteiger partial charge in [0.15, 0.2) is 0 Å². The molecular formula is C18H15ClF4N6. The second-order valence-electron chi connectivity index (χ2n) is 6.66. The average Bonchev–Trinajstić information content (AvgIpc) is 3.06. The highest BCUT2D eigenvalue weighted by molar-refractivity contribution is 6.33. The summed E-state index contributed by atoms with van der Waals surface area (Å²) in [5.41, 5.74) is 4.15. The molecule has 0 saturated heterocycles. The van der Waals surface area contributed by atoms with Crippen LogP contribution in [0.1, 0.15) is 22.5 Å². The molecule has 4 rings (SSSR count). The van der Waals surface area contributed by atoms with E-state index in [1.807, 2.05) is 4.90 Å². The van der Waals surface area contributed by atoms with E-state index in [9.17, 15) is 17.6 Å². The lowest BCUT2D eigenvalue weighted by atomic mass is 10.1. The number of hydrazone groups is 1. The number of benzene rings is 1. The minimum absolute atomic E-state index is 0.0680. The Morgan fingerprint density at radius 2 is 2.07 bits per heavy atom.